The zero-order chi connectivity index (χ0) is 12.3. The number of hydrogen-bond acceptors (Lipinski definition) is 3. The Morgan fingerprint density at radius 1 is 1.35 bits per heavy atom. The van der Waals surface area contributed by atoms with Gasteiger partial charge < -0.3 is 14.5 Å². The number of aromatic nitrogens is 1. The van der Waals surface area contributed by atoms with E-state index >= 15 is 0 Å². The van der Waals surface area contributed by atoms with Crippen molar-refractivity contribution in [1.29, 1.82) is 0 Å². The van der Waals surface area contributed by atoms with Gasteiger partial charge in [-0.05, 0) is 24.3 Å². The molecule has 4 heteroatoms. The van der Waals surface area contributed by atoms with E-state index in [9.17, 15) is 4.79 Å². The average Bonchev–Trinajstić information content (AvgIpc) is 2.78. The number of rotatable bonds is 3. The van der Waals surface area contributed by atoms with Crippen molar-refractivity contribution < 1.29 is 14.3 Å². The summed E-state index contributed by atoms with van der Waals surface area (Å²) in [6, 6.07) is 5.74. The number of carbonyl (C=O) groups excluding carboxylic acids is 1. The minimum absolute atomic E-state index is 0.373. The van der Waals surface area contributed by atoms with Crippen molar-refractivity contribution >= 4 is 22.9 Å². The summed E-state index contributed by atoms with van der Waals surface area (Å²) in [6.07, 6.45) is 4.94. The Balaban J connectivity index is 2.40. The summed E-state index contributed by atoms with van der Waals surface area (Å²) in [5.74, 6) is 0.409. The van der Waals surface area contributed by atoms with Gasteiger partial charge in [0, 0.05) is 28.7 Å². The third-order valence-electron chi connectivity index (χ3n) is 2.52. The number of nitrogens with one attached hydrogen (secondary N) is 1. The maximum atomic E-state index is 11.0. The number of esters is 1. The Morgan fingerprint density at radius 3 is 2.88 bits per heavy atom. The van der Waals surface area contributed by atoms with Gasteiger partial charge >= 0.3 is 5.97 Å². The summed E-state index contributed by atoms with van der Waals surface area (Å²) in [6.45, 7) is 0. The first-order valence-corrected chi connectivity index (χ1v) is 5.15. The maximum Gasteiger partial charge on any atom is 0.330 e. The zero-order valence-electron chi connectivity index (χ0n) is 9.69. The van der Waals surface area contributed by atoms with E-state index in [0.29, 0.717) is 0 Å². The lowest BCUT2D eigenvalue weighted by Crippen LogP contribution is -1.92. The number of ether oxygens (including phenoxy) is 2. The molecule has 0 saturated heterocycles. The fourth-order valence-corrected chi connectivity index (χ4v) is 1.61. The molecule has 17 heavy (non-hydrogen) atoms. The summed E-state index contributed by atoms with van der Waals surface area (Å²) < 4.78 is 9.71. The van der Waals surface area contributed by atoms with E-state index in [4.69, 9.17) is 4.74 Å². The van der Waals surface area contributed by atoms with Crippen LogP contribution in [0.25, 0.3) is 17.0 Å². The molecule has 0 radical (unpaired) electrons. The zero-order valence-corrected chi connectivity index (χ0v) is 9.69. The molecule has 1 aromatic carbocycles. The van der Waals surface area contributed by atoms with Gasteiger partial charge in [0.15, 0.2) is 0 Å². The highest BCUT2D eigenvalue weighted by Gasteiger charge is 2.03. The molecular formula is C13H13NO3. The normalized spacial score (nSPS) is 10.9. The molecule has 0 saturated carbocycles. The first kappa shape index (κ1) is 11.3. The third kappa shape index (κ3) is 2.30. The Hall–Kier alpha value is -2.23. The van der Waals surface area contributed by atoms with Crippen LogP contribution in [0.2, 0.25) is 0 Å². The van der Waals surface area contributed by atoms with Gasteiger partial charge in [-0.1, -0.05) is 0 Å². The van der Waals surface area contributed by atoms with Crippen molar-refractivity contribution in [1.82, 2.24) is 4.98 Å². The molecule has 0 fully saturated rings. The smallest absolute Gasteiger partial charge is 0.330 e. The molecule has 1 aromatic heterocycles. The molecule has 4 nitrogen and oxygen atoms in total. The van der Waals surface area contributed by atoms with Crippen LogP contribution >= 0.6 is 0 Å². The molecule has 2 aromatic rings. The first-order chi connectivity index (χ1) is 8.24. The van der Waals surface area contributed by atoms with E-state index in [-0.39, 0.29) is 5.97 Å². The fraction of sp³-hybridized carbons (Fsp3) is 0.154. The van der Waals surface area contributed by atoms with Crippen molar-refractivity contribution in [2.75, 3.05) is 14.2 Å². The number of benzene rings is 1. The number of carbonyl (C=O) groups is 1. The van der Waals surface area contributed by atoms with E-state index in [1.807, 2.05) is 24.4 Å². The summed E-state index contributed by atoms with van der Waals surface area (Å²) in [4.78, 5) is 14.1. The van der Waals surface area contributed by atoms with Gasteiger partial charge in [-0.25, -0.2) is 4.79 Å². The lowest BCUT2D eigenvalue weighted by molar-refractivity contribution is -0.134. The van der Waals surface area contributed by atoms with Crippen molar-refractivity contribution in [2.24, 2.45) is 0 Å². The number of hydrogen-bond donors (Lipinski definition) is 1. The van der Waals surface area contributed by atoms with Crippen LogP contribution in [-0.2, 0) is 9.53 Å². The van der Waals surface area contributed by atoms with E-state index in [1.54, 1.807) is 13.2 Å². The number of H-pyrrole nitrogens is 1. The van der Waals surface area contributed by atoms with Crippen molar-refractivity contribution in [3.05, 3.63) is 36.0 Å². The topological polar surface area (TPSA) is 51.3 Å². The van der Waals surface area contributed by atoms with Gasteiger partial charge in [-0.3, -0.25) is 0 Å². The molecule has 0 bridgehead atoms. The Bertz CT molecular complexity index is 569. The van der Waals surface area contributed by atoms with Gasteiger partial charge in [0.2, 0.25) is 0 Å². The van der Waals surface area contributed by atoms with Crippen molar-refractivity contribution in [2.45, 2.75) is 0 Å². The van der Waals surface area contributed by atoms with Crippen LogP contribution < -0.4 is 4.74 Å². The molecule has 2 rings (SSSR count). The first-order valence-electron chi connectivity index (χ1n) is 5.15. The third-order valence-corrected chi connectivity index (χ3v) is 2.52. The SMILES string of the molecule is COC(=O)/C=C\c1c[nH]c2ccc(OC)cc12. The largest absolute Gasteiger partial charge is 0.497 e. The number of methoxy groups -OCH3 is 2. The van der Waals surface area contributed by atoms with Crippen molar-refractivity contribution in [3.63, 3.8) is 0 Å². The average molecular weight is 231 g/mol. The van der Waals surface area contributed by atoms with E-state index < -0.39 is 0 Å². The summed E-state index contributed by atoms with van der Waals surface area (Å²) in [5, 5.41) is 1.00. The number of fused-ring (bicyclic) bond motifs is 1. The molecule has 0 aliphatic rings. The van der Waals surface area contributed by atoms with Gasteiger partial charge in [-0.2, -0.15) is 0 Å². The second kappa shape index (κ2) is 4.74. The Morgan fingerprint density at radius 2 is 2.18 bits per heavy atom. The highest BCUT2D eigenvalue weighted by atomic mass is 16.5. The standard InChI is InChI=1S/C13H13NO3/c1-16-10-4-5-12-11(7-10)9(8-14-12)3-6-13(15)17-2/h3-8,14H,1-2H3/b6-3-. The van der Waals surface area contributed by atoms with Gasteiger partial charge in [0.1, 0.15) is 5.75 Å². The number of aromatic amines is 1. The van der Waals surface area contributed by atoms with E-state index in [0.717, 1.165) is 22.2 Å². The minimum atomic E-state index is -0.373. The minimum Gasteiger partial charge on any atom is -0.497 e. The van der Waals surface area contributed by atoms with E-state index in [2.05, 4.69) is 9.72 Å². The lowest BCUT2D eigenvalue weighted by Gasteiger charge is -1.99. The second-order valence-electron chi connectivity index (χ2n) is 3.51. The predicted molar refractivity (Wildman–Crippen MR) is 65.9 cm³/mol. The van der Waals surface area contributed by atoms with Crippen LogP contribution in [0, 0.1) is 0 Å². The van der Waals surface area contributed by atoms with Gasteiger partial charge in [-0.15, -0.1) is 0 Å². The fourth-order valence-electron chi connectivity index (χ4n) is 1.61. The van der Waals surface area contributed by atoms with Crippen LogP contribution in [0.15, 0.2) is 30.5 Å². The quantitative estimate of drug-likeness (QED) is 0.651. The summed E-state index contributed by atoms with van der Waals surface area (Å²) in [5.41, 5.74) is 1.92. The lowest BCUT2D eigenvalue weighted by atomic mass is 10.1. The predicted octanol–water partition coefficient (Wildman–Crippen LogP) is 2.36. The molecular weight excluding hydrogens is 218 g/mol. The Labute approximate surface area is 98.8 Å². The molecule has 88 valence electrons. The molecule has 0 atom stereocenters. The van der Waals surface area contributed by atoms with Crippen LogP contribution in [0.4, 0.5) is 0 Å². The highest BCUT2D eigenvalue weighted by Crippen LogP contribution is 2.24. The maximum absolute atomic E-state index is 11.0. The molecule has 0 aliphatic carbocycles. The Kier molecular flexibility index (Phi) is 3.14. The molecule has 0 amide bonds. The van der Waals surface area contributed by atoms with Crippen LogP contribution in [0.5, 0.6) is 5.75 Å². The molecule has 0 aliphatic heterocycles. The molecule has 0 unspecified atom stereocenters. The van der Waals surface area contributed by atoms with E-state index in [1.165, 1.54) is 13.2 Å². The molecule has 1 heterocycles. The molecule has 0 spiro atoms. The molecule has 1 N–H and O–H groups in total. The second-order valence-corrected chi connectivity index (χ2v) is 3.51. The summed E-state index contributed by atoms with van der Waals surface area (Å²) in [7, 11) is 2.97. The summed E-state index contributed by atoms with van der Waals surface area (Å²) >= 11 is 0. The van der Waals surface area contributed by atoms with Gasteiger partial charge in [0.25, 0.3) is 0 Å². The van der Waals surface area contributed by atoms with Crippen LogP contribution in [-0.4, -0.2) is 25.2 Å². The van der Waals surface area contributed by atoms with Crippen LogP contribution in [0.1, 0.15) is 5.56 Å². The van der Waals surface area contributed by atoms with Crippen LogP contribution in [0.3, 0.4) is 0 Å². The highest BCUT2D eigenvalue weighted by molar-refractivity contribution is 5.94. The van der Waals surface area contributed by atoms with Gasteiger partial charge in [0.05, 0.1) is 14.2 Å². The monoisotopic (exact) mass is 231 g/mol. The van der Waals surface area contributed by atoms with Crippen molar-refractivity contribution in [3.8, 4) is 5.75 Å².